The minimum atomic E-state index is -4.69. The second-order valence-electron chi connectivity index (χ2n) is 6.11. The number of primary sulfonamides is 1. The molecule has 1 heterocycles. The van der Waals surface area contributed by atoms with E-state index in [-0.39, 0.29) is 21.8 Å². The number of rotatable bonds is 3. The highest BCUT2D eigenvalue weighted by Gasteiger charge is 2.38. The average Bonchev–Trinajstić information content (AvgIpc) is 2.92. The van der Waals surface area contributed by atoms with Gasteiger partial charge in [-0.25, -0.2) is 18.2 Å². The zero-order valence-corrected chi connectivity index (χ0v) is 15.3. The highest BCUT2D eigenvalue weighted by Crippen LogP contribution is 2.38. The van der Waals surface area contributed by atoms with E-state index < -0.39 is 21.9 Å². The summed E-state index contributed by atoms with van der Waals surface area (Å²) in [6.45, 7) is 3.16. The molecule has 0 bridgehead atoms. The first-order valence-corrected chi connectivity index (χ1v) is 9.41. The normalized spacial score (nSPS) is 12.4. The third-order valence-electron chi connectivity index (χ3n) is 4.12. The molecule has 3 aromatic rings. The summed E-state index contributed by atoms with van der Waals surface area (Å²) in [5.74, 6) is 0. The topological polar surface area (TPSA) is 78.0 Å². The quantitative estimate of drug-likeness (QED) is 0.732. The molecule has 0 unspecified atom stereocenters. The molecular weight excluding hydrogens is 379 g/mol. The van der Waals surface area contributed by atoms with Crippen LogP contribution < -0.4 is 5.14 Å². The van der Waals surface area contributed by atoms with Gasteiger partial charge in [-0.05, 0) is 26.0 Å². The maximum Gasteiger partial charge on any atom is 0.435 e. The maximum atomic E-state index is 13.5. The summed E-state index contributed by atoms with van der Waals surface area (Å²) >= 11 is 0. The molecule has 0 amide bonds. The molecule has 0 fully saturated rings. The lowest BCUT2D eigenvalue weighted by atomic mass is 10.0. The number of benzene rings is 2. The van der Waals surface area contributed by atoms with E-state index in [9.17, 15) is 21.6 Å². The van der Waals surface area contributed by atoms with E-state index >= 15 is 0 Å². The zero-order chi connectivity index (χ0) is 20.0. The summed E-state index contributed by atoms with van der Waals surface area (Å²) in [5, 5.41) is 8.94. The molecule has 0 aliphatic heterocycles. The molecule has 0 spiro atoms. The molecule has 2 N–H and O–H groups in total. The summed E-state index contributed by atoms with van der Waals surface area (Å²) in [6.07, 6.45) is -4.69. The van der Waals surface area contributed by atoms with Gasteiger partial charge in [-0.1, -0.05) is 42.0 Å². The molecule has 1 aromatic heterocycles. The van der Waals surface area contributed by atoms with E-state index in [2.05, 4.69) is 5.10 Å². The van der Waals surface area contributed by atoms with Gasteiger partial charge >= 0.3 is 6.18 Å². The molecule has 0 aliphatic carbocycles. The fourth-order valence-electron chi connectivity index (χ4n) is 2.86. The average molecular weight is 395 g/mol. The van der Waals surface area contributed by atoms with Crippen LogP contribution in [0.2, 0.25) is 0 Å². The van der Waals surface area contributed by atoms with Crippen molar-refractivity contribution in [2.24, 2.45) is 5.14 Å². The molecule has 5 nitrogen and oxygen atoms in total. The Morgan fingerprint density at radius 3 is 2.15 bits per heavy atom. The number of para-hydroxylation sites is 1. The van der Waals surface area contributed by atoms with Gasteiger partial charge in [-0.15, -0.1) is 0 Å². The Hall–Kier alpha value is -2.65. The van der Waals surface area contributed by atoms with Crippen LogP contribution in [-0.2, 0) is 16.2 Å². The predicted molar refractivity (Wildman–Crippen MR) is 94.8 cm³/mol. The van der Waals surface area contributed by atoms with Crippen molar-refractivity contribution >= 4 is 10.0 Å². The molecular formula is C18H16F3N3O2S. The largest absolute Gasteiger partial charge is 0.435 e. The minimum absolute atomic E-state index is 0.0471. The highest BCUT2D eigenvalue weighted by atomic mass is 32.2. The van der Waals surface area contributed by atoms with Crippen molar-refractivity contribution in [3.63, 3.8) is 0 Å². The van der Waals surface area contributed by atoms with E-state index in [1.54, 1.807) is 24.3 Å². The Kier molecular flexibility index (Phi) is 4.61. The van der Waals surface area contributed by atoms with Crippen LogP contribution in [0.25, 0.3) is 16.9 Å². The third-order valence-corrected chi connectivity index (χ3v) is 5.07. The van der Waals surface area contributed by atoms with Gasteiger partial charge in [0.05, 0.1) is 11.4 Å². The standard InChI is InChI=1S/C18H16F3N3O2S/c1-11-7-9-13(10-8-11)16-12(2)17(18(19,20)21)23-24(16)14-5-3-4-6-15(14)27(22,25)26/h3-10H,1-2H3,(H2,22,25,26). The molecule has 3 rings (SSSR count). The smallest absolute Gasteiger partial charge is 0.231 e. The van der Waals surface area contributed by atoms with Crippen molar-refractivity contribution in [1.29, 1.82) is 0 Å². The zero-order valence-electron chi connectivity index (χ0n) is 14.4. The number of aromatic nitrogens is 2. The molecule has 9 heteroatoms. The summed E-state index contributed by atoms with van der Waals surface area (Å²) in [5.41, 5.74) is 0.333. The number of hydrogen-bond acceptors (Lipinski definition) is 3. The summed E-state index contributed by atoms with van der Waals surface area (Å²) < 4.78 is 65.2. The minimum Gasteiger partial charge on any atom is -0.231 e. The van der Waals surface area contributed by atoms with Gasteiger partial charge in [0.2, 0.25) is 10.0 Å². The second-order valence-corrected chi connectivity index (χ2v) is 7.64. The Morgan fingerprint density at radius 2 is 1.59 bits per heavy atom. The van der Waals surface area contributed by atoms with Crippen molar-refractivity contribution in [3.05, 3.63) is 65.4 Å². The number of aryl methyl sites for hydroxylation is 1. The first-order valence-electron chi connectivity index (χ1n) is 7.86. The first kappa shape index (κ1) is 19.1. The second kappa shape index (κ2) is 6.50. The number of hydrogen-bond donors (Lipinski definition) is 1. The van der Waals surface area contributed by atoms with Gasteiger partial charge < -0.3 is 0 Å². The van der Waals surface area contributed by atoms with Crippen LogP contribution in [0.4, 0.5) is 13.2 Å². The van der Waals surface area contributed by atoms with Crippen LogP contribution in [-0.4, -0.2) is 18.2 Å². The van der Waals surface area contributed by atoms with Crippen LogP contribution >= 0.6 is 0 Å². The van der Waals surface area contributed by atoms with Crippen LogP contribution in [0, 0.1) is 13.8 Å². The lowest BCUT2D eigenvalue weighted by Gasteiger charge is -2.12. The van der Waals surface area contributed by atoms with Gasteiger partial charge in [0.1, 0.15) is 4.90 Å². The van der Waals surface area contributed by atoms with Crippen LogP contribution in [0.3, 0.4) is 0 Å². The summed E-state index contributed by atoms with van der Waals surface area (Å²) in [6, 6.07) is 12.4. The van der Waals surface area contributed by atoms with Crippen molar-refractivity contribution < 1.29 is 21.6 Å². The monoisotopic (exact) mass is 395 g/mol. The first-order chi connectivity index (χ1) is 12.5. The number of alkyl halides is 3. The maximum absolute atomic E-state index is 13.5. The molecule has 0 radical (unpaired) electrons. The fraction of sp³-hybridized carbons (Fsp3) is 0.167. The molecule has 0 aliphatic rings. The molecule has 142 valence electrons. The highest BCUT2D eigenvalue weighted by molar-refractivity contribution is 7.89. The van der Waals surface area contributed by atoms with Crippen LogP contribution in [0.5, 0.6) is 0 Å². The number of nitrogens with two attached hydrogens (primary N) is 1. The van der Waals surface area contributed by atoms with Gasteiger partial charge in [0.25, 0.3) is 0 Å². The van der Waals surface area contributed by atoms with E-state index in [1.165, 1.54) is 31.2 Å². The van der Waals surface area contributed by atoms with Crippen LogP contribution in [0.15, 0.2) is 53.4 Å². The van der Waals surface area contributed by atoms with Gasteiger partial charge in [-0.3, -0.25) is 0 Å². The third kappa shape index (κ3) is 3.60. The SMILES string of the molecule is Cc1ccc(-c2c(C)c(C(F)(F)F)nn2-c2ccccc2S(N)(=O)=O)cc1. The lowest BCUT2D eigenvalue weighted by Crippen LogP contribution is -2.16. The Morgan fingerprint density at radius 1 is 1.00 bits per heavy atom. The van der Waals surface area contributed by atoms with Crippen molar-refractivity contribution in [2.45, 2.75) is 24.9 Å². The van der Waals surface area contributed by atoms with Crippen molar-refractivity contribution in [2.75, 3.05) is 0 Å². The molecule has 0 saturated carbocycles. The van der Waals surface area contributed by atoms with Crippen molar-refractivity contribution in [3.8, 4) is 16.9 Å². The molecule has 27 heavy (non-hydrogen) atoms. The lowest BCUT2D eigenvalue weighted by molar-refractivity contribution is -0.141. The Labute approximate surface area is 154 Å². The van der Waals surface area contributed by atoms with E-state index in [4.69, 9.17) is 5.14 Å². The van der Waals surface area contributed by atoms with Crippen molar-refractivity contribution in [1.82, 2.24) is 9.78 Å². The predicted octanol–water partition coefficient (Wildman–Crippen LogP) is 3.82. The summed E-state index contributed by atoms with van der Waals surface area (Å²) in [4.78, 5) is -0.311. The Bertz CT molecular complexity index is 1100. The molecule has 2 aromatic carbocycles. The fourth-order valence-corrected chi connectivity index (χ4v) is 3.58. The van der Waals surface area contributed by atoms with Gasteiger partial charge in [-0.2, -0.15) is 18.3 Å². The Balaban J connectivity index is 2.39. The van der Waals surface area contributed by atoms with E-state index in [0.717, 1.165) is 10.2 Å². The number of sulfonamides is 1. The van der Waals surface area contributed by atoms with Crippen LogP contribution in [0.1, 0.15) is 16.8 Å². The van der Waals surface area contributed by atoms with Gasteiger partial charge in [0, 0.05) is 11.1 Å². The molecule has 0 saturated heterocycles. The van der Waals surface area contributed by atoms with E-state index in [0.29, 0.717) is 5.56 Å². The molecule has 0 atom stereocenters. The van der Waals surface area contributed by atoms with Gasteiger partial charge in [0.15, 0.2) is 5.69 Å². The summed E-state index contributed by atoms with van der Waals surface area (Å²) in [7, 11) is -4.17. The van der Waals surface area contributed by atoms with E-state index in [1.807, 2.05) is 6.92 Å². The number of halogens is 3. The number of nitrogens with zero attached hydrogens (tertiary/aromatic N) is 2.